The van der Waals surface area contributed by atoms with Crippen LogP contribution in [-0.2, 0) is 9.59 Å². The van der Waals surface area contributed by atoms with Crippen LogP contribution >= 0.6 is 0 Å². The molecule has 164 valence electrons. The van der Waals surface area contributed by atoms with Gasteiger partial charge in [-0.2, -0.15) is 0 Å². The monoisotopic (exact) mass is 428 g/mol. The van der Waals surface area contributed by atoms with Gasteiger partial charge in [-0.1, -0.05) is 0 Å². The van der Waals surface area contributed by atoms with Crippen molar-refractivity contribution >= 4 is 17.5 Å². The average Bonchev–Trinajstić information content (AvgIpc) is 3.18. The maximum Gasteiger partial charge on any atom is 0.278 e. The molecule has 1 aromatic heterocycles. The molecule has 0 spiro atoms. The van der Waals surface area contributed by atoms with Crippen LogP contribution in [-0.4, -0.2) is 47.6 Å². The number of rotatable bonds is 6. The predicted molar refractivity (Wildman–Crippen MR) is 110 cm³/mol. The number of hydrogen-bond donors (Lipinski definition) is 1. The first-order valence-electron chi connectivity index (χ1n) is 10.4. The minimum Gasteiger partial charge on any atom is -0.477 e. The lowest BCUT2D eigenvalue weighted by Crippen LogP contribution is -2.43. The molecule has 0 bridgehead atoms. The van der Waals surface area contributed by atoms with Crippen molar-refractivity contribution in [3.05, 3.63) is 42.5 Å². The third kappa shape index (κ3) is 4.92. The summed E-state index contributed by atoms with van der Waals surface area (Å²) < 4.78 is 24.2. The van der Waals surface area contributed by atoms with Crippen molar-refractivity contribution in [2.45, 2.75) is 44.2 Å². The van der Waals surface area contributed by atoms with Crippen LogP contribution in [0.5, 0.6) is 11.8 Å². The highest BCUT2D eigenvalue weighted by molar-refractivity contribution is 6.00. The Balaban J connectivity index is 1.26. The van der Waals surface area contributed by atoms with E-state index in [9.17, 15) is 14.0 Å². The van der Waals surface area contributed by atoms with Crippen molar-refractivity contribution in [3.8, 4) is 11.8 Å². The van der Waals surface area contributed by atoms with E-state index in [1.165, 1.54) is 19.2 Å². The van der Waals surface area contributed by atoms with E-state index < -0.39 is 5.92 Å². The Hall–Kier alpha value is -3.23. The van der Waals surface area contributed by atoms with Gasteiger partial charge in [0.2, 0.25) is 11.8 Å². The van der Waals surface area contributed by atoms with Gasteiger partial charge in [-0.15, -0.1) is 0 Å². The van der Waals surface area contributed by atoms with Crippen LogP contribution in [0, 0.1) is 11.7 Å². The van der Waals surface area contributed by atoms with Crippen LogP contribution in [0.15, 0.2) is 36.7 Å². The zero-order chi connectivity index (χ0) is 21.8. The van der Waals surface area contributed by atoms with Crippen molar-refractivity contribution in [2.24, 2.45) is 5.92 Å². The summed E-state index contributed by atoms with van der Waals surface area (Å²) in [5.74, 6) is -0.269. The molecule has 1 aromatic carbocycles. The molecule has 31 heavy (non-hydrogen) atoms. The van der Waals surface area contributed by atoms with Crippen molar-refractivity contribution in [1.29, 1.82) is 0 Å². The van der Waals surface area contributed by atoms with E-state index in [2.05, 4.69) is 15.3 Å². The molecule has 1 unspecified atom stereocenters. The number of halogens is 1. The Morgan fingerprint density at radius 3 is 2.45 bits per heavy atom. The van der Waals surface area contributed by atoms with Gasteiger partial charge in [-0.25, -0.2) is 14.4 Å². The molecule has 8 nitrogen and oxygen atoms in total. The molecule has 9 heteroatoms. The van der Waals surface area contributed by atoms with Gasteiger partial charge in [-0.3, -0.25) is 9.59 Å². The maximum absolute atomic E-state index is 13.1. The molecule has 1 N–H and O–H groups in total. The lowest BCUT2D eigenvalue weighted by molar-refractivity contribution is -0.127. The molecule has 2 fully saturated rings. The summed E-state index contributed by atoms with van der Waals surface area (Å²) in [6.45, 7) is 0.307. The minimum atomic E-state index is -0.407. The van der Waals surface area contributed by atoms with Crippen LogP contribution in [0.4, 0.5) is 10.1 Å². The largest absolute Gasteiger partial charge is 0.477 e. The maximum atomic E-state index is 13.1. The number of aromatic nitrogens is 2. The summed E-state index contributed by atoms with van der Waals surface area (Å²) in [5.41, 5.74) is 0.610. The minimum absolute atomic E-state index is 0.0132. The van der Waals surface area contributed by atoms with Gasteiger partial charge in [0.05, 0.1) is 13.0 Å². The average molecular weight is 428 g/mol. The zero-order valence-electron chi connectivity index (χ0n) is 17.3. The van der Waals surface area contributed by atoms with E-state index in [-0.39, 0.29) is 36.2 Å². The number of hydrogen-bond acceptors (Lipinski definition) is 6. The Bertz CT molecular complexity index is 931. The third-order valence-corrected chi connectivity index (χ3v) is 5.76. The predicted octanol–water partition coefficient (Wildman–Crippen LogP) is 2.48. The highest BCUT2D eigenvalue weighted by Gasteiger charge is 2.36. The van der Waals surface area contributed by atoms with Crippen LogP contribution in [0.25, 0.3) is 0 Å². The number of benzene rings is 1. The van der Waals surface area contributed by atoms with Crippen LogP contribution in [0.1, 0.15) is 32.1 Å². The summed E-state index contributed by atoms with van der Waals surface area (Å²) in [5, 5.41) is 3.08. The molecule has 1 aliphatic heterocycles. The van der Waals surface area contributed by atoms with Crippen molar-refractivity contribution in [2.75, 3.05) is 18.6 Å². The van der Waals surface area contributed by atoms with Gasteiger partial charge < -0.3 is 19.7 Å². The molecule has 1 atom stereocenters. The summed E-state index contributed by atoms with van der Waals surface area (Å²) in [6.07, 6.45) is 6.36. The standard InChI is InChI=1S/C22H25FN4O4/c1-30-21-22(25-11-10-24-21)31-18-8-4-16(5-9-18)26-20(29)14-12-19(28)27(13-14)17-6-2-15(23)3-7-17/h2-3,6-7,10-11,14,16,18H,4-5,8-9,12-13H2,1H3,(H,26,29). The van der Waals surface area contributed by atoms with Gasteiger partial charge in [-0.05, 0) is 49.9 Å². The van der Waals surface area contributed by atoms with Gasteiger partial charge in [0, 0.05) is 37.1 Å². The van der Waals surface area contributed by atoms with E-state index >= 15 is 0 Å². The number of nitrogens with zero attached hydrogens (tertiary/aromatic N) is 3. The molecular formula is C22H25FN4O4. The fourth-order valence-electron chi connectivity index (χ4n) is 4.09. The lowest BCUT2D eigenvalue weighted by atomic mass is 9.92. The van der Waals surface area contributed by atoms with Gasteiger partial charge in [0.25, 0.3) is 11.8 Å². The molecule has 2 heterocycles. The first kappa shape index (κ1) is 21.0. The molecule has 4 rings (SSSR count). The normalized spacial score (nSPS) is 23.5. The molecule has 1 saturated carbocycles. The van der Waals surface area contributed by atoms with E-state index in [0.29, 0.717) is 24.0 Å². The smallest absolute Gasteiger partial charge is 0.278 e. The molecule has 1 aliphatic carbocycles. The second-order valence-corrected chi connectivity index (χ2v) is 7.85. The Kier molecular flexibility index (Phi) is 6.29. The number of ether oxygens (including phenoxy) is 2. The number of amides is 2. The first-order valence-corrected chi connectivity index (χ1v) is 10.4. The van der Waals surface area contributed by atoms with Gasteiger partial charge in [0.15, 0.2) is 0 Å². The summed E-state index contributed by atoms with van der Waals surface area (Å²) in [6, 6.07) is 5.79. The molecule has 2 aliphatic rings. The second-order valence-electron chi connectivity index (χ2n) is 7.85. The molecule has 1 saturated heterocycles. The van der Waals surface area contributed by atoms with E-state index in [0.717, 1.165) is 25.7 Å². The molecule has 2 amide bonds. The van der Waals surface area contributed by atoms with Crippen molar-refractivity contribution in [3.63, 3.8) is 0 Å². The first-order chi connectivity index (χ1) is 15.0. The summed E-state index contributed by atoms with van der Waals surface area (Å²) in [4.78, 5) is 34.9. The third-order valence-electron chi connectivity index (χ3n) is 5.76. The lowest BCUT2D eigenvalue weighted by Gasteiger charge is -2.30. The Morgan fingerprint density at radius 1 is 1.10 bits per heavy atom. The molecule has 2 aromatic rings. The van der Waals surface area contributed by atoms with Gasteiger partial charge >= 0.3 is 0 Å². The number of carbonyl (C=O) groups is 2. The van der Waals surface area contributed by atoms with Crippen LogP contribution in [0.3, 0.4) is 0 Å². The Labute approximate surface area is 179 Å². The SMILES string of the molecule is COc1nccnc1OC1CCC(NC(=O)C2CC(=O)N(c3ccc(F)cc3)C2)CC1. The quantitative estimate of drug-likeness (QED) is 0.760. The van der Waals surface area contributed by atoms with Crippen molar-refractivity contribution in [1.82, 2.24) is 15.3 Å². The zero-order valence-corrected chi connectivity index (χ0v) is 17.3. The highest BCUT2D eigenvalue weighted by atomic mass is 19.1. The van der Waals surface area contributed by atoms with E-state index in [4.69, 9.17) is 9.47 Å². The fraction of sp³-hybridized carbons (Fsp3) is 0.455. The van der Waals surface area contributed by atoms with Crippen molar-refractivity contribution < 1.29 is 23.5 Å². The van der Waals surface area contributed by atoms with Crippen LogP contribution < -0.4 is 19.7 Å². The molecule has 0 radical (unpaired) electrons. The Morgan fingerprint density at radius 2 is 1.77 bits per heavy atom. The summed E-state index contributed by atoms with van der Waals surface area (Å²) in [7, 11) is 1.52. The fourth-order valence-corrected chi connectivity index (χ4v) is 4.09. The topological polar surface area (TPSA) is 93.6 Å². The highest BCUT2D eigenvalue weighted by Crippen LogP contribution is 2.29. The number of carbonyl (C=O) groups excluding carboxylic acids is 2. The van der Waals surface area contributed by atoms with Gasteiger partial charge in [0.1, 0.15) is 11.9 Å². The van der Waals surface area contributed by atoms with Crippen LogP contribution in [0.2, 0.25) is 0 Å². The second kappa shape index (κ2) is 9.28. The number of nitrogens with one attached hydrogen (secondary N) is 1. The molecular weight excluding hydrogens is 403 g/mol. The summed E-state index contributed by atoms with van der Waals surface area (Å²) >= 11 is 0. The van der Waals surface area contributed by atoms with E-state index in [1.54, 1.807) is 29.4 Å². The van der Waals surface area contributed by atoms with E-state index in [1.807, 2.05) is 0 Å². The number of anilines is 1. The number of methoxy groups -OCH3 is 1.